The van der Waals surface area contributed by atoms with Gasteiger partial charge in [-0.3, -0.25) is 23.4 Å². The molecule has 0 aliphatic heterocycles. The second-order valence-electron chi connectivity index (χ2n) is 20.5. The fourth-order valence-corrected chi connectivity index (χ4v) is 9.73. The van der Waals surface area contributed by atoms with Crippen LogP contribution in [0.15, 0.2) is 0 Å². The van der Waals surface area contributed by atoms with Gasteiger partial charge < -0.3 is 24.2 Å². The second kappa shape index (κ2) is 53.8. The average molecular weight is 1020 g/mol. The number of ether oxygens (including phenoxy) is 3. The van der Waals surface area contributed by atoms with Crippen LogP contribution in [-0.4, -0.2) is 66.5 Å². The molecule has 0 aromatic heterocycles. The van der Waals surface area contributed by atoms with E-state index in [0.717, 1.165) is 57.8 Å². The van der Waals surface area contributed by atoms with Crippen LogP contribution in [-0.2, 0) is 42.2 Å². The molecule has 0 amide bonds. The molecular weight excluding hydrogens is 904 g/mol. The first-order chi connectivity index (χ1) is 34.2. The molecule has 0 rings (SSSR count). The largest absolute Gasteiger partial charge is 0.472 e. The lowest BCUT2D eigenvalue weighted by atomic mass is 10.0. The molecule has 3 atom stereocenters. The van der Waals surface area contributed by atoms with Crippen LogP contribution in [0.5, 0.6) is 0 Å². The molecule has 0 aromatic carbocycles. The van der Waals surface area contributed by atoms with Crippen molar-refractivity contribution in [2.24, 2.45) is 0 Å². The van der Waals surface area contributed by atoms with Gasteiger partial charge in [0, 0.05) is 19.3 Å². The number of unbranched alkanes of at least 4 members (excludes halogenated alkanes) is 40. The van der Waals surface area contributed by atoms with Crippen LogP contribution in [0.25, 0.3) is 0 Å². The van der Waals surface area contributed by atoms with Crippen LogP contribution in [0.2, 0.25) is 0 Å². The molecule has 12 heteroatoms. The third-order valence-electron chi connectivity index (χ3n) is 13.5. The van der Waals surface area contributed by atoms with E-state index in [-0.39, 0.29) is 25.9 Å². The molecule has 416 valence electrons. The van der Waals surface area contributed by atoms with E-state index in [1.54, 1.807) is 0 Å². The summed E-state index contributed by atoms with van der Waals surface area (Å²) in [5, 5.41) is 9.79. The van der Waals surface area contributed by atoms with E-state index in [2.05, 4.69) is 20.8 Å². The maximum Gasteiger partial charge on any atom is 0.472 e. The van der Waals surface area contributed by atoms with Crippen LogP contribution in [0.1, 0.15) is 316 Å². The van der Waals surface area contributed by atoms with Crippen LogP contribution < -0.4 is 0 Å². The number of hydrogen-bond donors (Lipinski definition) is 2. The van der Waals surface area contributed by atoms with E-state index in [1.165, 1.54) is 199 Å². The number of phosphoric acid groups is 1. The molecule has 0 spiro atoms. The number of carbonyl (C=O) groups excluding carboxylic acids is 3. The van der Waals surface area contributed by atoms with Crippen molar-refractivity contribution in [3.8, 4) is 0 Å². The molecule has 0 fully saturated rings. The number of hydrogen-bond acceptors (Lipinski definition) is 10. The number of esters is 3. The van der Waals surface area contributed by atoms with Gasteiger partial charge in [-0.1, -0.05) is 278 Å². The Bertz CT molecular complexity index is 1190. The fourth-order valence-electron chi connectivity index (χ4n) is 8.95. The molecule has 0 aliphatic carbocycles. The quantitative estimate of drug-likeness (QED) is 0.0259. The van der Waals surface area contributed by atoms with Crippen molar-refractivity contribution < 1.29 is 52.2 Å². The van der Waals surface area contributed by atoms with Crippen molar-refractivity contribution in [2.45, 2.75) is 328 Å². The summed E-state index contributed by atoms with van der Waals surface area (Å²) in [6, 6.07) is 0. The van der Waals surface area contributed by atoms with Gasteiger partial charge in [-0.05, 0) is 19.3 Å². The molecule has 70 heavy (non-hydrogen) atoms. The summed E-state index contributed by atoms with van der Waals surface area (Å²) < 4.78 is 39.5. The molecule has 3 unspecified atom stereocenters. The maximum absolute atomic E-state index is 12.9. The van der Waals surface area contributed by atoms with Crippen molar-refractivity contribution in [1.82, 2.24) is 0 Å². The predicted molar refractivity (Wildman–Crippen MR) is 289 cm³/mol. The molecule has 2 N–H and O–H groups in total. The van der Waals surface area contributed by atoms with Crippen molar-refractivity contribution in [3.05, 3.63) is 0 Å². The van der Waals surface area contributed by atoms with Crippen molar-refractivity contribution in [2.75, 3.05) is 26.4 Å². The third-order valence-corrected chi connectivity index (χ3v) is 14.5. The monoisotopic (exact) mass is 1020 g/mol. The minimum atomic E-state index is -4.73. The van der Waals surface area contributed by atoms with Crippen LogP contribution in [0, 0.1) is 0 Å². The summed E-state index contributed by atoms with van der Waals surface area (Å²) in [6.45, 7) is 4.71. The number of aliphatic hydroxyl groups excluding tert-OH is 1. The molecule has 0 bridgehead atoms. The Labute approximate surface area is 431 Å². The summed E-state index contributed by atoms with van der Waals surface area (Å²) in [5.74, 6) is -1.43. The van der Waals surface area contributed by atoms with Gasteiger partial charge in [-0.15, -0.1) is 0 Å². The molecular formula is C58H113O11P. The Balaban J connectivity index is 4.65. The smallest absolute Gasteiger partial charge is 0.462 e. The van der Waals surface area contributed by atoms with E-state index in [4.69, 9.17) is 23.3 Å². The molecule has 0 saturated heterocycles. The lowest BCUT2D eigenvalue weighted by Gasteiger charge is -2.21. The predicted octanol–water partition coefficient (Wildman–Crippen LogP) is 17.5. The highest BCUT2D eigenvalue weighted by atomic mass is 31.2. The van der Waals surface area contributed by atoms with Gasteiger partial charge in [-0.25, -0.2) is 4.57 Å². The van der Waals surface area contributed by atoms with E-state index >= 15 is 0 Å². The Hall–Kier alpha value is -1.52. The summed E-state index contributed by atoms with van der Waals surface area (Å²) in [5.41, 5.74) is 0. The minimum absolute atomic E-state index is 0.179. The van der Waals surface area contributed by atoms with Gasteiger partial charge in [0.05, 0.1) is 19.8 Å². The highest BCUT2D eigenvalue weighted by molar-refractivity contribution is 7.47. The lowest BCUT2D eigenvalue weighted by molar-refractivity contribution is -0.161. The standard InChI is InChI=1S/C58H113O11P/c1-4-7-10-13-16-19-22-24-26-27-29-30-33-35-38-41-44-47-56(60)65-51-55(69-58(62)49-46-43-40-37-34-31-28-25-23-20-17-14-11-8-5-2)53-67-70(63,64)66-52-54(50-59)68-57(61)48-45-42-39-36-32-21-18-15-12-9-6-3/h54-55,59H,4-53H2,1-3H3,(H,63,64). The number of aliphatic hydroxyl groups is 1. The normalized spacial score (nSPS) is 13.3. The number of carbonyl (C=O) groups is 3. The maximum atomic E-state index is 12.9. The zero-order valence-corrected chi connectivity index (χ0v) is 46.9. The first kappa shape index (κ1) is 68.5. The lowest BCUT2D eigenvalue weighted by Crippen LogP contribution is -2.30. The number of rotatable bonds is 57. The molecule has 0 heterocycles. The zero-order chi connectivity index (χ0) is 51.3. The van der Waals surface area contributed by atoms with E-state index in [9.17, 15) is 28.9 Å². The Morgan fingerprint density at radius 2 is 0.571 bits per heavy atom. The Morgan fingerprint density at radius 1 is 0.343 bits per heavy atom. The van der Waals surface area contributed by atoms with Gasteiger partial charge in [0.2, 0.25) is 0 Å². The van der Waals surface area contributed by atoms with Gasteiger partial charge in [0.25, 0.3) is 0 Å². The second-order valence-corrected chi connectivity index (χ2v) is 22.0. The molecule has 0 aromatic rings. The van der Waals surface area contributed by atoms with Crippen LogP contribution in [0.3, 0.4) is 0 Å². The van der Waals surface area contributed by atoms with Crippen molar-refractivity contribution >= 4 is 25.7 Å². The minimum Gasteiger partial charge on any atom is -0.462 e. The molecule has 0 radical (unpaired) electrons. The highest BCUT2D eigenvalue weighted by Gasteiger charge is 2.28. The molecule has 11 nitrogen and oxygen atoms in total. The fraction of sp³-hybridized carbons (Fsp3) is 0.948. The average Bonchev–Trinajstić information content (AvgIpc) is 3.35. The first-order valence-electron chi connectivity index (χ1n) is 29.9. The van der Waals surface area contributed by atoms with E-state index in [1.807, 2.05) is 0 Å². The van der Waals surface area contributed by atoms with Gasteiger partial charge in [0.15, 0.2) is 6.10 Å². The summed E-state index contributed by atoms with van der Waals surface area (Å²) in [4.78, 5) is 48.5. The van der Waals surface area contributed by atoms with E-state index in [0.29, 0.717) is 19.3 Å². The molecule has 0 aliphatic rings. The Morgan fingerprint density at radius 3 is 0.843 bits per heavy atom. The summed E-state index contributed by atoms with van der Waals surface area (Å²) in [6.07, 6.45) is 50.6. The van der Waals surface area contributed by atoms with Crippen LogP contribution >= 0.6 is 7.82 Å². The summed E-state index contributed by atoms with van der Waals surface area (Å²) >= 11 is 0. The van der Waals surface area contributed by atoms with Gasteiger partial charge in [0.1, 0.15) is 12.7 Å². The third kappa shape index (κ3) is 51.4. The molecule has 0 saturated carbocycles. The van der Waals surface area contributed by atoms with Gasteiger partial charge in [-0.2, -0.15) is 0 Å². The van der Waals surface area contributed by atoms with E-state index < -0.39 is 57.8 Å². The first-order valence-corrected chi connectivity index (χ1v) is 31.4. The summed E-state index contributed by atoms with van der Waals surface area (Å²) in [7, 11) is -4.73. The number of phosphoric ester groups is 1. The SMILES string of the molecule is CCCCCCCCCCCCCCCCCCCC(=O)OCC(COP(=O)(O)OCC(CO)OC(=O)CCCCCCCCCCCCC)OC(=O)CCCCCCCCCCCCCCCCC. The topological polar surface area (TPSA) is 155 Å². The van der Waals surface area contributed by atoms with Gasteiger partial charge >= 0.3 is 25.7 Å². The van der Waals surface area contributed by atoms with Crippen LogP contribution in [0.4, 0.5) is 0 Å². The van der Waals surface area contributed by atoms with Crippen molar-refractivity contribution in [3.63, 3.8) is 0 Å². The van der Waals surface area contributed by atoms with Crippen molar-refractivity contribution in [1.29, 1.82) is 0 Å². The highest BCUT2D eigenvalue weighted by Crippen LogP contribution is 2.43. The Kier molecular flexibility index (Phi) is 52.6. The zero-order valence-electron chi connectivity index (χ0n) is 46.0.